The van der Waals surface area contributed by atoms with Crippen molar-refractivity contribution in [1.29, 1.82) is 0 Å². The molecule has 0 spiro atoms. The fraction of sp³-hybridized carbons (Fsp3) is 0.412. The van der Waals surface area contributed by atoms with Crippen molar-refractivity contribution < 1.29 is 23.9 Å². The number of thioether (sulfide) groups is 1. The number of amides is 3. The standard InChI is InChI=1S/C17H20N2O5S/c1-10-6-11(2)15(12(3)7-10)16(22)24-8-13(20)18-4-5-19-14(21)9-25-17(19)23/h6-7H,4-5,8-9H2,1-3H3,(H,18,20). The first-order valence-corrected chi connectivity index (χ1v) is 8.77. The molecule has 1 aliphatic rings. The number of rotatable bonds is 6. The number of nitrogens with one attached hydrogen (secondary N) is 1. The summed E-state index contributed by atoms with van der Waals surface area (Å²) in [6.45, 7) is 5.40. The first-order valence-electron chi connectivity index (χ1n) is 7.78. The van der Waals surface area contributed by atoms with Crippen LogP contribution in [0.2, 0.25) is 0 Å². The van der Waals surface area contributed by atoms with E-state index in [1.54, 1.807) is 0 Å². The second kappa shape index (κ2) is 8.15. The second-order valence-electron chi connectivity index (χ2n) is 5.80. The first-order chi connectivity index (χ1) is 11.8. The third kappa shape index (κ3) is 4.82. The van der Waals surface area contributed by atoms with Crippen molar-refractivity contribution in [2.24, 2.45) is 0 Å². The molecule has 3 amide bonds. The van der Waals surface area contributed by atoms with E-state index in [2.05, 4.69) is 5.32 Å². The molecule has 0 radical (unpaired) electrons. The number of carbonyl (C=O) groups excluding carboxylic acids is 4. The number of ether oxygens (including phenoxy) is 1. The van der Waals surface area contributed by atoms with Crippen molar-refractivity contribution in [2.45, 2.75) is 20.8 Å². The second-order valence-corrected chi connectivity index (χ2v) is 6.73. The summed E-state index contributed by atoms with van der Waals surface area (Å²) in [6.07, 6.45) is 0. The molecular formula is C17H20N2O5S. The molecule has 0 aromatic heterocycles. The summed E-state index contributed by atoms with van der Waals surface area (Å²) in [5.41, 5.74) is 3.11. The molecule has 2 rings (SSSR count). The Balaban J connectivity index is 1.79. The van der Waals surface area contributed by atoms with E-state index in [0.717, 1.165) is 33.4 Å². The number of imide groups is 1. The molecule has 1 saturated heterocycles. The minimum Gasteiger partial charge on any atom is -0.452 e. The van der Waals surface area contributed by atoms with E-state index in [1.807, 2.05) is 32.9 Å². The van der Waals surface area contributed by atoms with Gasteiger partial charge in [-0.05, 0) is 31.9 Å². The van der Waals surface area contributed by atoms with Gasteiger partial charge in [0.25, 0.3) is 11.1 Å². The van der Waals surface area contributed by atoms with E-state index in [-0.39, 0.29) is 30.0 Å². The quantitative estimate of drug-likeness (QED) is 0.771. The Morgan fingerprint density at radius 3 is 2.40 bits per heavy atom. The van der Waals surface area contributed by atoms with E-state index in [9.17, 15) is 19.2 Å². The molecule has 0 unspecified atom stereocenters. The van der Waals surface area contributed by atoms with Gasteiger partial charge < -0.3 is 10.1 Å². The zero-order valence-electron chi connectivity index (χ0n) is 14.4. The SMILES string of the molecule is Cc1cc(C)c(C(=O)OCC(=O)NCCN2C(=O)CSC2=O)c(C)c1. The van der Waals surface area contributed by atoms with Gasteiger partial charge in [-0.3, -0.25) is 19.3 Å². The van der Waals surface area contributed by atoms with Gasteiger partial charge in [0.15, 0.2) is 6.61 Å². The van der Waals surface area contributed by atoms with Gasteiger partial charge in [-0.15, -0.1) is 0 Å². The molecule has 1 N–H and O–H groups in total. The monoisotopic (exact) mass is 364 g/mol. The van der Waals surface area contributed by atoms with Gasteiger partial charge >= 0.3 is 5.97 Å². The number of carbonyl (C=O) groups is 4. The Morgan fingerprint density at radius 2 is 1.84 bits per heavy atom. The fourth-order valence-corrected chi connectivity index (χ4v) is 3.41. The summed E-state index contributed by atoms with van der Waals surface area (Å²) < 4.78 is 5.05. The van der Waals surface area contributed by atoms with Crippen LogP contribution in [0.25, 0.3) is 0 Å². The maximum Gasteiger partial charge on any atom is 0.339 e. The molecule has 0 atom stereocenters. The number of esters is 1. The molecule has 25 heavy (non-hydrogen) atoms. The van der Waals surface area contributed by atoms with E-state index < -0.39 is 18.5 Å². The van der Waals surface area contributed by atoms with E-state index in [4.69, 9.17) is 4.74 Å². The first kappa shape index (κ1) is 19.0. The molecule has 1 heterocycles. The van der Waals surface area contributed by atoms with Crippen molar-refractivity contribution in [2.75, 3.05) is 25.4 Å². The van der Waals surface area contributed by atoms with Crippen LogP contribution in [-0.4, -0.2) is 53.4 Å². The van der Waals surface area contributed by atoms with E-state index in [1.165, 1.54) is 0 Å². The van der Waals surface area contributed by atoms with Gasteiger partial charge in [0.2, 0.25) is 5.91 Å². The van der Waals surface area contributed by atoms with E-state index >= 15 is 0 Å². The molecule has 1 aliphatic heterocycles. The van der Waals surface area contributed by atoms with Gasteiger partial charge in [0.1, 0.15) is 0 Å². The van der Waals surface area contributed by atoms with Gasteiger partial charge in [-0.25, -0.2) is 4.79 Å². The lowest BCUT2D eigenvalue weighted by atomic mass is 10.00. The van der Waals surface area contributed by atoms with Crippen LogP contribution in [0.4, 0.5) is 4.79 Å². The van der Waals surface area contributed by atoms with Crippen LogP contribution < -0.4 is 5.32 Å². The summed E-state index contributed by atoms with van der Waals surface area (Å²) in [7, 11) is 0. The number of hydrogen-bond acceptors (Lipinski definition) is 6. The van der Waals surface area contributed by atoms with Crippen LogP contribution in [0.5, 0.6) is 0 Å². The smallest absolute Gasteiger partial charge is 0.339 e. The highest BCUT2D eigenvalue weighted by molar-refractivity contribution is 8.14. The average molecular weight is 364 g/mol. The van der Waals surface area contributed by atoms with Gasteiger partial charge in [0.05, 0.1) is 11.3 Å². The fourth-order valence-electron chi connectivity index (χ4n) is 2.66. The Hall–Kier alpha value is -2.35. The molecule has 8 heteroatoms. The van der Waals surface area contributed by atoms with Crippen molar-refractivity contribution in [3.8, 4) is 0 Å². The van der Waals surface area contributed by atoms with Gasteiger partial charge in [-0.1, -0.05) is 29.5 Å². The van der Waals surface area contributed by atoms with E-state index in [0.29, 0.717) is 5.56 Å². The summed E-state index contributed by atoms with van der Waals surface area (Å²) >= 11 is 0.943. The summed E-state index contributed by atoms with van der Waals surface area (Å²) in [5, 5.41) is 2.22. The summed E-state index contributed by atoms with van der Waals surface area (Å²) in [5.74, 6) is -1.16. The van der Waals surface area contributed by atoms with Crippen LogP contribution in [0.15, 0.2) is 12.1 Å². The van der Waals surface area contributed by atoms with Crippen LogP contribution in [0.1, 0.15) is 27.0 Å². The predicted octanol–water partition coefficient (Wildman–Crippen LogP) is 1.58. The normalized spacial score (nSPS) is 14.0. The number of benzene rings is 1. The number of hydrogen-bond donors (Lipinski definition) is 1. The molecular weight excluding hydrogens is 344 g/mol. The zero-order chi connectivity index (χ0) is 18.6. The highest BCUT2D eigenvalue weighted by Gasteiger charge is 2.29. The third-order valence-electron chi connectivity index (χ3n) is 3.71. The van der Waals surface area contributed by atoms with Crippen LogP contribution in [0.3, 0.4) is 0 Å². The minimum atomic E-state index is -0.550. The number of aryl methyl sites for hydroxylation is 3. The molecule has 0 saturated carbocycles. The predicted molar refractivity (Wildman–Crippen MR) is 93.5 cm³/mol. The maximum absolute atomic E-state index is 12.2. The molecule has 7 nitrogen and oxygen atoms in total. The van der Waals surface area contributed by atoms with Gasteiger partial charge in [-0.2, -0.15) is 0 Å². The average Bonchev–Trinajstić information content (AvgIpc) is 2.83. The summed E-state index contributed by atoms with van der Waals surface area (Å²) in [4.78, 5) is 47.8. The lowest BCUT2D eigenvalue weighted by molar-refractivity contribution is -0.126. The highest BCUT2D eigenvalue weighted by atomic mass is 32.2. The maximum atomic E-state index is 12.2. The summed E-state index contributed by atoms with van der Waals surface area (Å²) in [6, 6.07) is 3.76. The van der Waals surface area contributed by atoms with Crippen LogP contribution in [-0.2, 0) is 14.3 Å². The number of nitrogens with zero attached hydrogens (tertiary/aromatic N) is 1. The topological polar surface area (TPSA) is 92.8 Å². The van der Waals surface area contributed by atoms with Crippen LogP contribution >= 0.6 is 11.8 Å². The van der Waals surface area contributed by atoms with Crippen molar-refractivity contribution >= 4 is 34.8 Å². The Kier molecular flexibility index (Phi) is 6.19. The minimum absolute atomic E-state index is 0.112. The Bertz CT molecular complexity index is 693. The van der Waals surface area contributed by atoms with Gasteiger partial charge in [0, 0.05) is 13.1 Å². The lowest BCUT2D eigenvalue weighted by Gasteiger charge is -2.13. The van der Waals surface area contributed by atoms with Crippen LogP contribution in [0, 0.1) is 20.8 Å². The van der Waals surface area contributed by atoms with Crippen molar-refractivity contribution in [3.05, 3.63) is 34.4 Å². The Labute approximate surface area is 150 Å². The molecule has 0 bridgehead atoms. The molecule has 1 aromatic rings. The molecule has 1 aromatic carbocycles. The molecule has 134 valence electrons. The molecule has 0 aliphatic carbocycles. The molecule has 1 fully saturated rings. The largest absolute Gasteiger partial charge is 0.452 e. The zero-order valence-corrected chi connectivity index (χ0v) is 15.2. The lowest BCUT2D eigenvalue weighted by Crippen LogP contribution is -2.38. The third-order valence-corrected chi connectivity index (χ3v) is 4.57. The Morgan fingerprint density at radius 1 is 1.20 bits per heavy atom. The van der Waals surface area contributed by atoms with Crippen molar-refractivity contribution in [3.63, 3.8) is 0 Å². The van der Waals surface area contributed by atoms with Crippen molar-refractivity contribution in [1.82, 2.24) is 10.2 Å². The highest BCUT2D eigenvalue weighted by Crippen LogP contribution is 2.18.